The van der Waals surface area contributed by atoms with Crippen LogP contribution < -0.4 is 4.90 Å². The topological polar surface area (TPSA) is 3.24 Å². The van der Waals surface area contributed by atoms with Crippen molar-refractivity contribution in [1.82, 2.24) is 0 Å². The molecular weight excluding hydrogens is 290 g/mol. The molecule has 1 aliphatic rings. The molecule has 0 amide bonds. The number of nitrogens with zero attached hydrogens (tertiary/aromatic N) is 1. The van der Waals surface area contributed by atoms with Crippen LogP contribution in [-0.2, 0) is 6.54 Å². The first-order valence-electron chi connectivity index (χ1n) is 8.59. The molecule has 1 aliphatic carbocycles. The highest BCUT2D eigenvalue weighted by Gasteiger charge is 2.24. The van der Waals surface area contributed by atoms with E-state index in [2.05, 4.69) is 98.5 Å². The predicted octanol–water partition coefficient (Wildman–Crippen LogP) is 6.13. The van der Waals surface area contributed by atoms with Crippen molar-refractivity contribution in [3.05, 3.63) is 77.4 Å². The minimum atomic E-state index is 0.0434. The fourth-order valence-electron chi connectivity index (χ4n) is 3.59. The molecule has 0 atom stereocenters. The van der Waals surface area contributed by atoms with E-state index in [0.29, 0.717) is 0 Å². The van der Waals surface area contributed by atoms with E-state index in [4.69, 9.17) is 0 Å². The van der Waals surface area contributed by atoms with Gasteiger partial charge in [0.25, 0.3) is 0 Å². The van der Waals surface area contributed by atoms with E-state index < -0.39 is 0 Å². The summed E-state index contributed by atoms with van der Waals surface area (Å²) in [5.41, 5.74) is 5.36. The van der Waals surface area contributed by atoms with Gasteiger partial charge in [-0.05, 0) is 48.9 Å². The first kappa shape index (κ1) is 15.0. The maximum absolute atomic E-state index is 2.52. The van der Waals surface area contributed by atoms with E-state index in [9.17, 15) is 0 Å². The van der Waals surface area contributed by atoms with Crippen molar-refractivity contribution in [2.45, 2.75) is 32.9 Å². The highest BCUT2D eigenvalue weighted by atomic mass is 15.2. The second-order valence-corrected chi connectivity index (χ2v) is 7.52. The molecule has 24 heavy (non-hydrogen) atoms. The SMILES string of the molecule is CC(C)(C)N(Cc1ccccc1)c1ccc2c3c(cccc13)C=C2. The average molecular weight is 313 g/mol. The zero-order chi connectivity index (χ0) is 16.7. The highest BCUT2D eigenvalue weighted by molar-refractivity contribution is 6.09. The van der Waals surface area contributed by atoms with Gasteiger partial charge in [-0.1, -0.05) is 66.7 Å². The van der Waals surface area contributed by atoms with Gasteiger partial charge in [0, 0.05) is 23.2 Å². The molecule has 120 valence electrons. The summed E-state index contributed by atoms with van der Waals surface area (Å²) in [7, 11) is 0. The lowest BCUT2D eigenvalue weighted by Gasteiger charge is -2.39. The number of hydrogen-bond acceptors (Lipinski definition) is 1. The largest absolute Gasteiger partial charge is 0.362 e. The molecule has 0 fully saturated rings. The molecule has 0 aliphatic heterocycles. The van der Waals surface area contributed by atoms with Crippen LogP contribution in [0, 0.1) is 0 Å². The van der Waals surface area contributed by atoms with Crippen LogP contribution >= 0.6 is 0 Å². The number of hydrogen-bond donors (Lipinski definition) is 0. The summed E-state index contributed by atoms with van der Waals surface area (Å²) in [6.45, 7) is 7.78. The fraction of sp³-hybridized carbons (Fsp3) is 0.217. The Labute approximate surface area is 144 Å². The molecule has 0 aromatic heterocycles. The molecule has 4 rings (SSSR count). The Balaban J connectivity index is 1.87. The van der Waals surface area contributed by atoms with E-state index in [1.54, 1.807) is 0 Å². The average Bonchev–Trinajstić information content (AvgIpc) is 2.99. The molecule has 0 bridgehead atoms. The third-order valence-electron chi connectivity index (χ3n) is 4.81. The van der Waals surface area contributed by atoms with Crippen LogP contribution in [0.1, 0.15) is 37.5 Å². The monoisotopic (exact) mass is 313 g/mol. The van der Waals surface area contributed by atoms with Crippen LogP contribution in [0.5, 0.6) is 0 Å². The first-order chi connectivity index (χ1) is 11.5. The number of rotatable bonds is 3. The zero-order valence-electron chi connectivity index (χ0n) is 14.6. The molecule has 0 radical (unpaired) electrons. The molecule has 0 heterocycles. The van der Waals surface area contributed by atoms with Crippen LogP contribution in [0.15, 0.2) is 60.7 Å². The predicted molar refractivity (Wildman–Crippen MR) is 105 cm³/mol. The molecule has 3 aromatic carbocycles. The van der Waals surface area contributed by atoms with E-state index in [1.165, 1.54) is 33.2 Å². The number of anilines is 1. The second-order valence-electron chi connectivity index (χ2n) is 7.52. The van der Waals surface area contributed by atoms with Gasteiger partial charge in [-0.2, -0.15) is 0 Å². The third kappa shape index (κ3) is 2.50. The van der Waals surface area contributed by atoms with Crippen LogP contribution in [0.25, 0.3) is 22.9 Å². The Morgan fingerprint density at radius 3 is 2.17 bits per heavy atom. The quantitative estimate of drug-likeness (QED) is 0.440. The lowest BCUT2D eigenvalue weighted by molar-refractivity contribution is 0.502. The van der Waals surface area contributed by atoms with Gasteiger partial charge >= 0.3 is 0 Å². The first-order valence-corrected chi connectivity index (χ1v) is 8.59. The van der Waals surface area contributed by atoms with Gasteiger partial charge in [0.05, 0.1) is 0 Å². The maximum Gasteiger partial charge on any atom is 0.0453 e. The maximum atomic E-state index is 2.52. The summed E-state index contributed by atoms with van der Waals surface area (Å²) in [4.78, 5) is 2.52. The number of benzene rings is 3. The zero-order valence-corrected chi connectivity index (χ0v) is 14.6. The fourth-order valence-corrected chi connectivity index (χ4v) is 3.59. The van der Waals surface area contributed by atoms with Crippen LogP contribution in [0.4, 0.5) is 5.69 Å². The lowest BCUT2D eigenvalue weighted by Crippen LogP contribution is -2.41. The Morgan fingerprint density at radius 1 is 0.750 bits per heavy atom. The van der Waals surface area contributed by atoms with Gasteiger partial charge in [-0.25, -0.2) is 0 Å². The molecule has 0 saturated heterocycles. The summed E-state index contributed by atoms with van der Waals surface area (Å²) in [6.07, 6.45) is 4.44. The van der Waals surface area contributed by atoms with Gasteiger partial charge in [-0.3, -0.25) is 0 Å². The van der Waals surface area contributed by atoms with Crippen molar-refractivity contribution >= 4 is 28.6 Å². The second kappa shape index (κ2) is 5.52. The van der Waals surface area contributed by atoms with Crippen LogP contribution in [-0.4, -0.2) is 5.54 Å². The van der Waals surface area contributed by atoms with Gasteiger partial charge < -0.3 is 4.90 Å². The van der Waals surface area contributed by atoms with Crippen LogP contribution in [0.3, 0.4) is 0 Å². The van der Waals surface area contributed by atoms with Crippen LogP contribution in [0.2, 0.25) is 0 Å². The Morgan fingerprint density at radius 2 is 1.46 bits per heavy atom. The molecule has 1 heteroatoms. The van der Waals surface area contributed by atoms with E-state index in [0.717, 1.165) is 6.54 Å². The summed E-state index contributed by atoms with van der Waals surface area (Å²) in [5, 5.41) is 2.73. The van der Waals surface area contributed by atoms with Crippen molar-refractivity contribution in [3.63, 3.8) is 0 Å². The van der Waals surface area contributed by atoms with Gasteiger partial charge in [0.15, 0.2) is 0 Å². The van der Waals surface area contributed by atoms with E-state index in [-0.39, 0.29) is 5.54 Å². The molecule has 0 spiro atoms. The Bertz CT molecular complexity index is 902. The highest BCUT2D eigenvalue weighted by Crippen LogP contribution is 2.39. The van der Waals surface area contributed by atoms with Crippen molar-refractivity contribution in [2.75, 3.05) is 4.90 Å². The van der Waals surface area contributed by atoms with Crippen molar-refractivity contribution < 1.29 is 0 Å². The van der Waals surface area contributed by atoms with Crippen molar-refractivity contribution in [2.24, 2.45) is 0 Å². The Kier molecular flexibility index (Phi) is 3.45. The third-order valence-corrected chi connectivity index (χ3v) is 4.81. The summed E-state index contributed by atoms with van der Waals surface area (Å²) in [6, 6.07) is 21.9. The Hall–Kier alpha value is -2.54. The normalized spacial score (nSPS) is 12.8. The van der Waals surface area contributed by atoms with Gasteiger partial charge in [0.2, 0.25) is 0 Å². The minimum Gasteiger partial charge on any atom is -0.362 e. The molecule has 1 nitrogen and oxygen atoms in total. The standard InChI is InChI=1S/C23H23N/c1-23(2,3)24(16-17-8-5-4-6-9-17)21-15-14-19-13-12-18-10-7-11-20(21)22(18)19/h4-15H,16H2,1-3H3. The summed E-state index contributed by atoms with van der Waals surface area (Å²) in [5.74, 6) is 0. The lowest BCUT2D eigenvalue weighted by atomic mass is 9.97. The molecule has 0 saturated carbocycles. The summed E-state index contributed by atoms with van der Waals surface area (Å²) < 4.78 is 0. The smallest absolute Gasteiger partial charge is 0.0453 e. The van der Waals surface area contributed by atoms with Crippen molar-refractivity contribution in [3.8, 4) is 0 Å². The molecule has 0 N–H and O–H groups in total. The van der Waals surface area contributed by atoms with Gasteiger partial charge in [-0.15, -0.1) is 0 Å². The summed E-state index contributed by atoms with van der Waals surface area (Å²) >= 11 is 0. The van der Waals surface area contributed by atoms with E-state index in [1.807, 2.05) is 0 Å². The van der Waals surface area contributed by atoms with Gasteiger partial charge in [0.1, 0.15) is 0 Å². The van der Waals surface area contributed by atoms with E-state index >= 15 is 0 Å². The molecule has 3 aromatic rings. The minimum absolute atomic E-state index is 0.0434. The van der Waals surface area contributed by atoms with Crippen molar-refractivity contribution in [1.29, 1.82) is 0 Å². The molecular formula is C23H23N. The molecule has 0 unspecified atom stereocenters.